The Hall–Kier alpha value is -3.04. The summed E-state index contributed by atoms with van der Waals surface area (Å²) < 4.78 is 44.0. The number of aromatic nitrogens is 2. The van der Waals surface area contributed by atoms with Gasteiger partial charge in [0, 0.05) is 29.5 Å². The van der Waals surface area contributed by atoms with Gasteiger partial charge in [0.2, 0.25) is 10.0 Å². The van der Waals surface area contributed by atoms with Crippen LogP contribution in [0.25, 0.3) is 5.69 Å². The summed E-state index contributed by atoms with van der Waals surface area (Å²) in [4.78, 5) is 12.9. The highest BCUT2D eigenvalue weighted by molar-refractivity contribution is 7.89. The van der Waals surface area contributed by atoms with Crippen LogP contribution in [0.1, 0.15) is 47.9 Å². The number of piperidine rings is 1. The topological polar surface area (TPSA) is 84.3 Å². The highest BCUT2D eigenvalue weighted by atomic mass is 32.2. The molecule has 0 radical (unpaired) electrons. The largest absolute Gasteiger partial charge is 0.322 e. The number of carbonyl (C=O) groups is 1. The van der Waals surface area contributed by atoms with E-state index < -0.39 is 21.7 Å². The average molecular weight is 471 g/mol. The van der Waals surface area contributed by atoms with Crippen molar-refractivity contribution in [3.05, 3.63) is 71.3 Å². The number of amides is 1. The first-order valence-corrected chi connectivity index (χ1v) is 12.4. The first kappa shape index (κ1) is 23.1. The third kappa shape index (κ3) is 4.69. The molecule has 1 N–H and O–H groups in total. The van der Waals surface area contributed by atoms with Crippen LogP contribution in [0, 0.1) is 19.7 Å². The lowest BCUT2D eigenvalue weighted by molar-refractivity contribution is 0.102. The van der Waals surface area contributed by atoms with E-state index in [4.69, 9.17) is 0 Å². The number of hydrogen-bond donors (Lipinski definition) is 1. The lowest BCUT2D eigenvalue weighted by atomic mass is 10.1. The number of nitrogens with zero attached hydrogens (tertiary/aromatic N) is 3. The van der Waals surface area contributed by atoms with E-state index in [9.17, 15) is 17.6 Å². The number of benzene rings is 2. The number of nitrogens with one attached hydrogen (secondary N) is 1. The Balaban J connectivity index is 1.55. The predicted octanol–water partition coefficient (Wildman–Crippen LogP) is 4.44. The van der Waals surface area contributed by atoms with Gasteiger partial charge in [-0.3, -0.25) is 4.79 Å². The molecule has 0 spiro atoms. The van der Waals surface area contributed by atoms with Crippen molar-refractivity contribution in [1.29, 1.82) is 0 Å². The van der Waals surface area contributed by atoms with Gasteiger partial charge in [0.1, 0.15) is 5.69 Å². The van der Waals surface area contributed by atoms with E-state index in [2.05, 4.69) is 10.4 Å². The number of sulfonamides is 1. The third-order valence-electron chi connectivity index (χ3n) is 5.89. The molecule has 1 aliphatic heterocycles. The molecule has 0 bridgehead atoms. The fourth-order valence-corrected chi connectivity index (χ4v) is 5.94. The highest BCUT2D eigenvalue weighted by Gasteiger charge is 2.31. The molecule has 1 aromatic heterocycles. The number of anilines is 1. The van der Waals surface area contributed by atoms with Crippen LogP contribution in [0.3, 0.4) is 0 Å². The fraction of sp³-hybridized carbons (Fsp3) is 0.333. The highest BCUT2D eigenvalue weighted by Crippen LogP contribution is 2.26. The molecule has 3 aromatic rings. The monoisotopic (exact) mass is 470 g/mol. The molecule has 9 heteroatoms. The molecule has 2 aromatic carbocycles. The van der Waals surface area contributed by atoms with Crippen molar-refractivity contribution >= 4 is 21.6 Å². The molecule has 1 saturated heterocycles. The van der Waals surface area contributed by atoms with Crippen molar-refractivity contribution in [1.82, 2.24) is 14.1 Å². The fourth-order valence-electron chi connectivity index (χ4n) is 4.19. The number of rotatable bonds is 5. The van der Waals surface area contributed by atoms with E-state index in [-0.39, 0.29) is 27.9 Å². The molecule has 1 unspecified atom stereocenters. The second-order valence-corrected chi connectivity index (χ2v) is 10.3. The van der Waals surface area contributed by atoms with Crippen molar-refractivity contribution in [2.75, 3.05) is 11.9 Å². The second-order valence-electron chi connectivity index (χ2n) is 8.45. The zero-order valence-corrected chi connectivity index (χ0v) is 19.7. The molecule has 2 heterocycles. The Bertz CT molecular complexity index is 1300. The summed E-state index contributed by atoms with van der Waals surface area (Å²) in [6.45, 7) is 6.04. The molecule has 33 heavy (non-hydrogen) atoms. The summed E-state index contributed by atoms with van der Waals surface area (Å²) in [6, 6.07) is 12.1. The lowest BCUT2D eigenvalue weighted by Crippen LogP contribution is -2.41. The zero-order chi connectivity index (χ0) is 23.8. The molecular weight excluding hydrogens is 443 g/mol. The number of aryl methyl sites for hydroxylation is 2. The zero-order valence-electron chi connectivity index (χ0n) is 18.9. The summed E-state index contributed by atoms with van der Waals surface area (Å²) >= 11 is 0. The Morgan fingerprint density at radius 2 is 1.91 bits per heavy atom. The lowest BCUT2D eigenvalue weighted by Gasteiger charge is -2.32. The van der Waals surface area contributed by atoms with Crippen LogP contribution in [0.4, 0.5) is 10.1 Å². The minimum atomic E-state index is -3.70. The minimum absolute atomic E-state index is 0.0787. The van der Waals surface area contributed by atoms with Crippen molar-refractivity contribution in [3.63, 3.8) is 0 Å². The normalized spacial score (nSPS) is 17.2. The van der Waals surface area contributed by atoms with E-state index in [0.29, 0.717) is 6.54 Å². The molecule has 7 nitrogen and oxygen atoms in total. The number of hydrogen-bond acceptors (Lipinski definition) is 4. The van der Waals surface area contributed by atoms with E-state index in [1.54, 1.807) is 18.2 Å². The second kappa shape index (κ2) is 9.07. The molecule has 1 fully saturated rings. The molecule has 1 aliphatic rings. The van der Waals surface area contributed by atoms with Gasteiger partial charge >= 0.3 is 0 Å². The van der Waals surface area contributed by atoms with Gasteiger partial charge < -0.3 is 5.32 Å². The van der Waals surface area contributed by atoms with Crippen LogP contribution in [-0.4, -0.2) is 41.0 Å². The number of carbonyl (C=O) groups excluding carboxylic acids is 1. The first-order valence-electron chi connectivity index (χ1n) is 10.9. The van der Waals surface area contributed by atoms with Crippen LogP contribution >= 0.6 is 0 Å². The molecule has 1 atom stereocenters. The van der Waals surface area contributed by atoms with E-state index in [0.717, 1.165) is 30.7 Å². The Kier molecular flexibility index (Phi) is 6.36. The smallest absolute Gasteiger partial charge is 0.255 e. The molecule has 0 saturated carbocycles. The van der Waals surface area contributed by atoms with Gasteiger partial charge in [-0.2, -0.15) is 9.40 Å². The van der Waals surface area contributed by atoms with Gasteiger partial charge in [0.05, 0.1) is 10.6 Å². The molecule has 174 valence electrons. The molecular formula is C24H27FN4O3S. The van der Waals surface area contributed by atoms with Gasteiger partial charge in [-0.15, -0.1) is 0 Å². The van der Waals surface area contributed by atoms with Crippen LogP contribution in [0.15, 0.2) is 53.4 Å². The van der Waals surface area contributed by atoms with E-state index in [1.165, 1.54) is 33.3 Å². The summed E-state index contributed by atoms with van der Waals surface area (Å²) in [5, 5.41) is 6.93. The molecule has 1 amide bonds. The van der Waals surface area contributed by atoms with Gasteiger partial charge in [-0.05, 0) is 76.1 Å². The maximum absolute atomic E-state index is 14.7. The summed E-state index contributed by atoms with van der Waals surface area (Å²) in [5.41, 5.74) is 2.30. The average Bonchev–Trinajstić information content (AvgIpc) is 3.11. The third-order valence-corrected chi connectivity index (χ3v) is 7.90. The summed E-state index contributed by atoms with van der Waals surface area (Å²) in [7, 11) is -3.70. The standard InChI is InChI=1S/C24H27FN4O3S/c1-16-13-18(3)29(27-16)23-11-10-20(15-22(23)25)26-24(30)19-8-6-9-21(14-19)33(31,32)28-12-5-4-7-17(28)2/h6,8-11,13-15,17H,4-5,7,12H2,1-3H3,(H,26,30). The van der Waals surface area contributed by atoms with Crippen LogP contribution in [0.5, 0.6) is 0 Å². The summed E-state index contributed by atoms with van der Waals surface area (Å²) in [6.07, 6.45) is 2.64. The predicted molar refractivity (Wildman–Crippen MR) is 125 cm³/mol. The minimum Gasteiger partial charge on any atom is -0.322 e. The Labute approximate surface area is 193 Å². The maximum Gasteiger partial charge on any atom is 0.255 e. The number of halogens is 1. The summed E-state index contributed by atoms with van der Waals surface area (Å²) in [5.74, 6) is -1.05. The van der Waals surface area contributed by atoms with Crippen LogP contribution in [-0.2, 0) is 10.0 Å². The van der Waals surface area contributed by atoms with E-state index >= 15 is 0 Å². The molecule has 0 aliphatic carbocycles. The van der Waals surface area contributed by atoms with Crippen molar-refractivity contribution in [2.24, 2.45) is 0 Å². The maximum atomic E-state index is 14.7. The van der Waals surface area contributed by atoms with Crippen molar-refractivity contribution < 1.29 is 17.6 Å². The Morgan fingerprint density at radius 1 is 1.12 bits per heavy atom. The van der Waals surface area contributed by atoms with Crippen LogP contribution in [0.2, 0.25) is 0 Å². The molecule has 4 rings (SSSR count). The van der Waals surface area contributed by atoms with Gasteiger partial charge in [0.15, 0.2) is 5.82 Å². The van der Waals surface area contributed by atoms with Crippen LogP contribution < -0.4 is 5.32 Å². The first-order chi connectivity index (χ1) is 15.7. The SMILES string of the molecule is Cc1cc(C)n(-c2ccc(NC(=O)c3cccc(S(=O)(=O)N4CCCCC4C)c3)cc2F)n1. The van der Waals surface area contributed by atoms with Gasteiger partial charge in [-0.25, -0.2) is 17.5 Å². The van der Waals surface area contributed by atoms with Crippen molar-refractivity contribution in [3.8, 4) is 5.69 Å². The Morgan fingerprint density at radius 3 is 2.58 bits per heavy atom. The van der Waals surface area contributed by atoms with Gasteiger partial charge in [0.25, 0.3) is 5.91 Å². The quantitative estimate of drug-likeness (QED) is 0.597. The van der Waals surface area contributed by atoms with E-state index in [1.807, 2.05) is 26.8 Å². The van der Waals surface area contributed by atoms with Crippen molar-refractivity contribution in [2.45, 2.75) is 51.0 Å². The van der Waals surface area contributed by atoms with Gasteiger partial charge in [-0.1, -0.05) is 12.5 Å².